The average Bonchev–Trinajstić information content (AvgIpc) is 1.59. The van der Waals surface area contributed by atoms with Crippen molar-refractivity contribution in [1.82, 2.24) is 0 Å². The second-order valence-corrected chi connectivity index (χ2v) is 28.6. The summed E-state index contributed by atoms with van der Waals surface area (Å²) in [4.78, 5) is 18.9. The van der Waals surface area contributed by atoms with Crippen LogP contribution in [0.5, 0.6) is 28.7 Å². The zero-order chi connectivity index (χ0) is 77.3. The fraction of sp³-hybridized carbons (Fsp3) is 0.115. The Labute approximate surface area is 736 Å². The first-order valence-electron chi connectivity index (χ1n) is 36.8. The Morgan fingerprint density at radius 3 is 0.892 bits per heavy atom. The van der Waals surface area contributed by atoms with Gasteiger partial charge in [-0.15, -0.1) is 0 Å². The first-order chi connectivity index (χ1) is 53.3. The van der Waals surface area contributed by atoms with Crippen molar-refractivity contribution in [3.05, 3.63) is 384 Å². The number of halogens is 2. The van der Waals surface area contributed by atoms with Crippen molar-refractivity contribution in [2.45, 2.75) is 71.6 Å². The summed E-state index contributed by atoms with van der Waals surface area (Å²) >= 11 is 2.50. The second-order valence-electron chi connectivity index (χ2n) is 28.6. The average molecular weight is 1540 g/mol. The Balaban J connectivity index is 0.000000203. The van der Waals surface area contributed by atoms with E-state index >= 15 is 0 Å². The van der Waals surface area contributed by atoms with Crippen LogP contribution in [0, 0.1) is 25.5 Å². The summed E-state index contributed by atoms with van der Waals surface area (Å²) in [7, 11) is 0. The maximum absolute atomic E-state index is 12.2. The molecule has 0 amide bonds. The van der Waals surface area contributed by atoms with Gasteiger partial charge in [0.05, 0.1) is 0 Å². The SMILES string of the molecule is CC1(C)c2ccc(O)cc2-c2ccc(N(c3ccccc3)c3ccccc3)cc21.Cc1cc(F)cc(F)c1.Cc1cc(Oc2ccc3c(c2)-c2ccc(N(c4ccccc4)c4ccccc4)cc2C3(C)C)cc(Oc2ccc3c(c2)-c2ccc(N(c4ccccc4)c4ccccc4)cc2C3(C)C)c1.O=COO[O-].[K+].[K][K]. The van der Waals surface area contributed by atoms with Gasteiger partial charge in [-0.25, -0.2) is 13.8 Å². The molecule has 111 heavy (non-hydrogen) atoms. The number of anilines is 9. The molecule has 0 saturated heterocycles. The minimum atomic E-state index is -0.521. The molecule has 0 bridgehead atoms. The fourth-order valence-electron chi connectivity index (χ4n) is 15.3. The Morgan fingerprint density at radius 2 is 0.613 bits per heavy atom. The molecule has 0 aliphatic heterocycles. The maximum atomic E-state index is 12.2. The molecule has 15 heteroatoms. The van der Waals surface area contributed by atoms with E-state index in [1.807, 2.05) is 24.3 Å². The van der Waals surface area contributed by atoms with Crippen LogP contribution in [0.1, 0.15) is 86.1 Å². The van der Waals surface area contributed by atoms with Crippen LogP contribution in [0.2, 0.25) is 0 Å². The molecular weight excluding hydrogens is 1460 g/mol. The van der Waals surface area contributed by atoms with Crippen LogP contribution < -0.4 is 80.8 Å². The molecule has 14 aromatic carbocycles. The van der Waals surface area contributed by atoms with Crippen molar-refractivity contribution in [2.24, 2.45) is 0 Å². The predicted molar refractivity (Wildman–Crippen MR) is 440 cm³/mol. The summed E-state index contributed by atoms with van der Waals surface area (Å²) in [5.74, 6) is 2.31. The molecule has 10 nitrogen and oxygen atoms in total. The Kier molecular flexibility index (Phi) is 27.4. The topological polar surface area (TPSA) is 107 Å². The van der Waals surface area contributed by atoms with E-state index in [0.29, 0.717) is 11.3 Å². The van der Waals surface area contributed by atoms with E-state index in [2.05, 4.69) is 352 Å². The van der Waals surface area contributed by atoms with Gasteiger partial charge in [-0.05, 0) is 262 Å². The molecular formula is C96H80F2K3N3O7. The molecule has 0 heterocycles. The second kappa shape index (κ2) is 36.9. The molecule has 1 N–H and O–H groups in total. The molecule has 0 saturated carbocycles. The van der Waals surface area contributed by atoms with E-state index < -0.39 is 11.6 Å². The molecule has 0 fully saturated rings. The third-order valence-corrected chi connectivity index (χ3v) is 20.3. The summed E-state index contributed by atoms with van der Waals surface area (Å²) in [5, 5.41) is 21.2. The summed E-state index contributed by atoms with van der Waals surface area (Å²) in [6.45, 7) is 17.4. The third kappa shape index (κ3) is 18.3. The summed E-state index contributed by atoms with van der Waals surface area (Å²) in [5.41, 5.74) is 26.2. The van der Waals surface area contributed by atoms with E-state index in [4.69, 9.17) is 19.5 Å². The standard InChI is InChI=1S/C61H50N2O2.C27H23NO.C7H6F2.CH2O4.3K/c1-41-34-50(64-48-28-32-56-54(39-48)52-30-26-46(36-58(52)60(56,2)3)62(42-18-10-6-11-19-42)43-20-12-7-13-21-43)38-51(35-41)65-49-29-33-57-55(40-49)53-31-27-47(37-59(53)61(57,4)5)63(44-22-14-8-15-23-44)45-24-16-9-17-25-45;1-27(2)25-16-14-22(29)18-24(25)23-15-13-21(17-26(23)27)28(19-9-5-3-6-10-19)20-11-7-4-8-12-20;1-5-2-6(8)4-7(9)3-5;2-1-4-5-3;;;/h6-40H,1-5H3;3-18,29H,1-2H3;2-4H,1H3;1,3H;;;/q;;;;;;+1/p-1. The number of phenolic OH excluding ortho intramolecular Hbond substituents is 1. The zero-order valence-electron chi connectivity index (χ0n) is 64.2. The van der Waals surface area contributed by atoms with Gasteiger partial charge in [-0.2, -0.15) is 0 Å². The van der Waals surface area contributed by atoms with Crippen molar-refractivity contribution < 1.29 is 94.7 Å². The fourth-order valence-corrected chi connectivity index (χ4v) is 15.3. The van der Waals surface area contributed by atoms with Gasteiger partial charge < -0.3 is 39.4 Å². The monoisotopic (exact) mass is 1540 g/mol. The molecule has 0 spiro atoms. The normalized spacial score (nSPS) is 12.6. The Morgan fingerprint density at radius 1 is 0.324 bits per heavy atom. The van der Waals surface area contributed by atoms with Crippen LogP contribution in [-0.2, 0) is 31.0 Å². The molecule has 14 aromatic rings. The number of hydrogen-bond donors (Lipinski definition) is 1. The van der Waals surface area contributed by atoms with E-state index in [-0.39, 0.29) is 74.1 Å². The Hall–Kier alpha value is -7.96. The van der Waals surface area contributed by atoms with Crippen molar-refractivity contribution in [2.75, 3.05) is 14.7 Å². The van der Waals surface area contributed by atoms with E-state index in [0.717, 1.165) is 91.4 Å². The summed E-state index contributed by atoms with van der Waals surface area (Å²) in [6.07, 6.45) is 0. The van der Waals surface area contributed by atoms with Crippen LogP contribution in [0.25, 0.3) is 33.4 Å². The van der Waals surface area contributed by atoms with E-state index in [1.165, 1.54) is 136 Å². The predicted octanol–water partition coefficient (Wildman–Crippen LogP) is 21.2. The Bertz CT molecular complexity index is 5190. The first-order valence-corrected chi connectivity index (χ1v) is 52.8. The van der Waals surface area contributed by atoms with Crippen molar-refractivity contribution in [3.8, 4) is 62.1 Å². The number of ether oxygens (including phenoxy) is 2. The number of hydrogen-bond acceptors (Lipinski definition) is 10. The van der Waals surface area contributed by atoms with Gasteiger partial charge in [0, 0.05) is 79.6 Å². The summed E-state index contributed by atoms with van der Waals surface area (Å²) in [6, 6.07) is 112. The number of fused-ring (bicyclic) bond motifs is 9. The summed E-state index contributed by atoms with van der Waals surface area (Å²) < 4.78 is 37.7. The number of para-hydroxylation sites is 6. The zero-order valence-corrected chi connectivity index (χ0v) is 73.6. The number of aromatic hydroxyl groups is 1. The quantitative estimate of drug-likeness (QED) is 0.0461. The van der Waals surface area contributed by atoms with Crippen LogP contribution in [0.15, 0.2) is 328 Å². The van der Waals surface area contributed by atoms with Gasteiger partial charge in [0.15, 0.2) is 0 Å². The number of phenols is 1. The van der Waals surface area contributed by atoms with Crippen LogP contribution in [-0.4, -0.2) is 74.7 Å². The van der Waals surface area contributed by atoms with Gasteiger partial charge in [-0.3, -0.25) is 4.79 Å². The van der Waals surface area contributed by atoms with Gasteiger partial charge in [0.1, 0.15) is 40.4 Å². The van der Waals surface area contributed by atoms with Crippen molar-refractivity contribution in [3.63, 3.8) is 0 Å². The van der Waals surface area contributed by atoms with Gasteiger partial charge in [0.2, 0.25) is 0 Å². The van der Waals surface area contributed by atoms with Crippen molar-refractivity contribution in [1.29, 1.82) is 0 Å². The third-order valence-electron chi connectivity index (χ3n) is 20.3. The van der Waals surface area contributed by atoms with Crippen molar-refractivity contribution >= 4 is 121 Å². The van der Waals surface area contributed by atoms with Gasteiger partial charge in [-0.1, -0.05) is 187 Å². The van der Waals surface area contributed by atoms with E-state index in [1.54, 1.807) is 13.0 Å². The molecule has 0 unspecified atom stereocenters. The number of aryl methyl sites for hydroxylation is 2. The number of carbonyl (C=O) groups is 1. The molecule has 17 rings (SSSR count). The molecule has 3 aliphatic rings. The van der Waals surface area contributed by atoms with Crippen LogP contribution >= 0.6 is 0 Å². The first kappa shape index (κ1) is 82.5. The number of benzene rings is 14. The van der Waals surface area contributed by atoms with Gasteiger partial charge >= 0.3 is 121 Å². The van der Waals surface area contributed by atoms with Crippen LogP contribution in [0.3, 0.4) is 0 Å². The van der Waals surface area contributed by atoms with E-state index in [9.17, 15) is 13.9 Å². The molecule has 0 radical (unpaired) electrons. The number of rotatable bonds is 15. The minimum absolute atomic E-state index is 0. The molecule has 538 valence electrons. The van der Waals surface area contributed by atoms with Gasteiger partial charge in [0.25, 0.3) is 0 Å². The molecule has 0 aromatic heterocycles. The van der Waals surface area contributed by atoms with Crippen LogP contribution in [0.4, 0.5) is 60.0 Å². The molecule has 0 atom stereocenters. The molecule has 3 aliphatic carbocycles. The number of nitrogens with zero attached hydrogens (tertiary/aromatic N) is 3. The number of carbonyl (C=O) groups excluding carboxylic acids is 1.